The second kappa shape index (κ2) is 5.26. The molecule has 0 bridgehead atoms. The van der Waals surface area contributed by atoms with Crippen LogP contribution in [0.3, 0.4) is 0 Å². The zero-order valence-electron chi connectivity index (χ0n) is 9.58. The van der Waals surface area contributed by atoms with Crippen molar-refractivity contribution in [3.63, 3.8) is 0 Å². The minimum Gasteiger partial charge on any atom is -0.423 e. The number of nitro benzene ring substituents is 1. The summed E-state index contributed by atoms with van der Waals surface area (Å²) in [6, 6.07) is 10.5. The first-order chi connectivity index (χ1) is 9.08. The summed E-state index contributed by atoms with van der Waals surface area (Å²) in [5.74, 6) is -1.63. The van der Waals surface area contributed by atoms with Gasteiger partial charge in [-0.3, -0.25) is 10.1 Å². The summed E-state index contributed by atoms with van der Waals surface area (Å²) in [5.41, 5.74) is -0.437. The zero-order chi connectivity index (χ0) is 13.8. The highest BCUT2D eigenvalue weighted by Crippen LogP contribution is 2.20. The van der Waals surface area contributed by atoms with Crippen molar-refractivity contribution in [1.82, 2.24) is 0 Å². The summed E-state index contributed by atoms with van der Waals surface area (Å²) >= 11 is 0. The van der Waals surface area contributed by atoms with Crippen LogP contribution in [0.1, 0.15) is 10.4 Å². The number of non-ortho nitro benzene ring substituents is 1. The van der Waals surface area contributed by atoms with E-state index in [1.807, 2.05) is 0 Å². The molecule has 0 aliphatic heterocycles. The molecule has 2 rings (SSSR count). The molecule has 6 heteroatoms. The van der Waals surface area contributed by atoms with Crippen molar-refractivity contribution in [1.29, 1.82) is 0 Å². The average Bonchev–Trinajstić information content (AvgIpc) is 2.39. The summed E-state index contributed by atoms with van der Waals surface area (Å²) in [4.78, 5) is 21.6. The van der Waals surface area contributed by atoms with Gasteiger partial charge < -0.3 is 4.74 Å². The van der Waals surface area contributed by atoms with Crippen molar-refractivity contribution in [3.8, 4) is 5.75 Å². The van der Waals surface area contributed by atoms with Gasteiger partial charge in [0.1, 0.15) is 11.6 Å². The Morgan fingerprint density at radius 2 is 1.89 bits per heavy atom. The molecule has 0 spiro atoms. The molecule has 2 aromatic rings. The van der Waals surface area contributed by atoms with Crippen molar-refractivity contribution < 1.29 is 18.8 Å². The molecule has 0 aromatic heterocycles. The lowest BCUT2D eigenvalue weighted by Crippen LogP contribution is -2.10. The normalized spacial score (nSPS) is 9.95. The van der Waals surface area contributed by atoms with E-state index in [2.05, 4.69) is 0 Å². The van der Waals surface area contributed by atoms with Crippen molar-refractivity contribution >= 4 is 11.7 Å². The second-order valence-corrected chi connectivity index (χ2v) is 3.62. The van der Waals surface area contributed by atoms with Crippen LogP contribution in [0.4, 0.5) is 10.1 Å². The molecule has 0 unspecified atom stereocenters. The summed E-state index contributed by atoms with van der Waals surface area (Å²) in [5, 5.41) is 10.6. The van der Waals surface area contributed by atoms with Crippen LogP contribution in [-0.2, 0) is 0 Å². The lowest BCUT2D eigenvalue weighted by Gasteiger charge is -2.04. The first kappa shape index (κ1) is 12.7. The van der Waals surface area contributed by atoms with Gasteiger partial charge in [0.25, 0.3) is 5.69 Å². The SMILES string of the molecule is O=C(Oc1cccc([N+](=O)[O-])c1)c1ccccc1F. The molecule has 5 nitrogen and oxygen atoms in total. The van der Waals surface area contributed by atoms with Gasteiger partial charge >= 0.3 is 5.97 Å². The van der Waals surface area contributed by atoms with E-state index in [1.165, 1.54) is 36.4 Å². The maximum atomic E-state index is 13.3. The molecule has 0 saturated carbocycles. The molecule has 0 radical (unpaired) electrons. The van der Waals surface area contributed by atoms with E-state index in [1.54, 1.807) is 0 Å². The minimum atomic E-state index is -0.904. The largest absolute Gasteiger partial charge is 0.423 e. The van der Waals surface area contributed by atoms with Gasteiger partial charge in [0.2, 0.25) is 0 Å². The van der Waals surface area contributed by atoms with Crippen LogP contribution in [-0.4, -0.2) is 10.9 Å². The Morgan fingerprint density at radius 3 is 2.58 bits per heavy atom. The van der Waals surface area contributed by atoms with Gasteiger partial charge in [-0.05, 0) is 18.2 Å². The Kier molecular flexibility index (Phi) is 3.51. The van der Waals surface area contributed by atoms with Gasteiger partial charge in [-0.2, -0.15) is 0 Å². The third-order valence-corrected chi connectivity index (χ3v) is 2.33. The van der Waals surface area contributed by atoms with Gasteiger partial charge in [-0.25, -0.2) is 9.18 Å². The summed E-state index contributed by atoms with van der Waals surface area (Å²) in [6.45, 7) is 0. The number of esters is 1. The van der Waals surface area contributed by atoms with Crippen LogP contribution in [0.15, 0.2) is 48.5 Å². The average molecular weight is 261 g/mol. The van der Waals surface area contributed by atoms with Crippen LogP contribution in [0, 0.1) is 15.9 Å². The number of halogens is 1. The van der Waals surface area contributed by atoms with E-state index in [0.29, 0.717) is 0 Å². The minimum absolute atomic E-state index is 0.0116. The van der Waals surface area contributed by atoms with E-state index in [-0.39, 0.29) is 17.0 Å². The highest BCUT2D eigenvalue weighted by atomic mass is 19.1. The molecule has 2 aromatic carbocycles. The Balaban J connectivity index is 2.22. The molecule has 0 atom stereocenters. The fourth-order valence-corrected chi connectivity index (χ4v) is 1.45. The van der Waals surface area contributed by atoms with Gasteiger partial charge in [0.05, 0.1) is 16.6 Å². The molecule has 0 N–H and O–H groups in total. The molecule has 0 amide bonds. The molecule has 0 saturated heterocycles. The van der Waals surface area contributed by atoms with Crippen LogP contribution in [0.5, 0.6) is 5.75 Å². The van der Waals surface area contributed by atoms with Crippen LogP contribution < -0.4 is 4.74 Å². The molecule has 19 heavy (non-hydrogen) atoms. The fourth-order valence-electron chi connectivity index (χ4n) is 1.45. The molecule has 0 heterocycles. The first-order valence-corrected chi connectivity index (χ1v) is 5.29. The van der Waals surface area contributed by atoms with Crippen LogP contribution >= 0.6 is 0 Å². The maximum absolute atomic E-state index is 13.3. The molecular formula is C13H8FNO4. The first-order valence-electron chi connectivity index (χ1n) is 5.29. The topological polar surface area (TPSA) is 69.4 Å². The number of nitro groups is 1. The zero-order valence-corrected chi connectivity index (χ0v) is 9.58. The van der Waals surface area contributed by atoms with E-state index >= 15 is 0 Å². The standard InChI is InChI=1S/C13H8FNO4/c14-12-7-2-1-6-11(12)13(16)19-10-5-3-4-9(8-10)15(17)18/h1-8H. The predicted molar refractivity (Wildman–Crippen MR) is 64.5 cm³/mol. The summed E-state index contributed by atoms with van der Waals surface area (Å²) in [6.07, 6.45) is 0. The van der Waals surface area contributed by atoms with Crippen LogP contribution in [0.25, 0.3) is 0 Å². The number of rotatable bonds is 3. The van der Waals surface area contributed by atoms with Crippen molar-refractivity contribution in [3.05, 3.63) is 70.0 Å². The van der Waals surface area contributed by atoms with Crippen molar-refractivity contribution in [2.45, 2.75) is 0 Å². The molecule has 96 valence electrons. The number of carbonyl (C=O) groups excluding carboxylic acids is 1. The van der Waals surface area contributed by atoms with E-state index in [9.17, 15) is 19.3 Å². The Labute approximate surface area is 107 Å². The number of ether oxygens (including phenoxy) is 1. The monoisotopic (exact) mass is 261 g/mol. The molecular weight excluding hydrogens is 253 g/mol. The van der Waals surface area contributed by atoms with Gasteiger partial charge in [0.15, 0.2) is 0 Å². The second-order valence-electron chi connectivity index (χ2n) is 3.62. The predicted octanol–water partition coefficient (Wildman–Crippen LogP) is 2.95. The third kappa shape index (κ3) is 2.92. The smallest absolute Gasteiger partial charge is 0.346 e. The fraction of sp³-hybridized carbons (Fsp3) is 0. The number of carbonyl (C=O) groups is 1. The molecule has 0 aliphatic carbocycles. The summed E-state index contributed by atoms with van der Waals surface area (Å²) < 4.78 is 18.2. The molecule has 0 fully saturated rings. The highest BCUT2D eigenvalue weighted by Gasteiger charge is 2.14. The van der Waals surface area contributed by atoms with E-state index in [0.717, 1.165) is 12.1 Å². The number of hydrogen-bond acceptors (Lipinski definition) is 4. The number of nitrogens with zero attached hydrogens (tertiary/aromatic N) is 1. The number of benzene rings is 2. The highest BCUT2D eigenvalue weighted by molar-refractivity contribution is 5.91. The van der Waals surface area contributed by atoms with Gasteiger partial charge in [0, 0.05) is 6.07 Å². The van der Waals surface area contributed by atoms with Gasteiger partial charge in [-0.1, -0.05) is 18.2 Å². The van der Waals surface area contributed by atoms with E-state index < -0.39 is 16.7 Å². The Bertz CT molecular complexity index is 642. The van der Waals surface area contributed by atoms with E-state index in [4.69, 9.17) is 4.74 Å². The van der Waals surface area contributed by atoms with Crippen LogP contribution in [0.2, 0.25) is 0 Å². The molecule has 0 aliphatic rings. The Hall–Kier alpha value is -2.76. The van der Waals surface area contributed by atoms with Gasteiger partial charge in [-0.15, -0.1) is 0 Å². The third-order valence-electron chi connectivity index (χ3n) is 2.33. The van der Waals surface area contributed by atoms with Crippen molar-refractivity contribution in [2.75, 3.05) is 0 Å². The van der Waals surface area contributed by atoms with Crippen molar-refractivity contribution in [2.24, 2.45) is 0 Å². The summed E-state index contributed by atoms with van der Waals surface area (Å²) in [7, 11) is 0. The maximum Gasteiger partial charge on any atom is 0.346 e. The lowest BCUT2D eigenvalue weighted by atomic mass is 10.2. The Morgan fingerprint density at radius 1 is 1.16 bits per heavy atom. The number of hydrogen-bond donors (Lipinski definition) is 0. The quantitative estimate of drug-likeness (QED) is 0.368. The lowest BCUT2D eigenvalue weighted by molar-refractivity contribution is -0.384.